The van der Waals surface area contributed by atoms with Crippen LogP contribution in [0.25, 0.3) is 0 Å². The van der Waals surface area contributed by atoms with E-state index in [0.717, 1.165) is 37.1 Å². The third-order valence-corrected chi connectivity index (χ3v) is 8.02. The van der Waals surface area contributed by atoms with Gasteiger partial charge in [-0.15, -0.1) is 0 Å². The van der Waals surface area contributed by atoms with Gasteiger partial charge in [-0.25, -0.2) is 12.8 Å². The Bertz CT molecular complexity index is 1290. The number of aliphatic carboxylic acids is 1. The number of benzene rings is 2. The van der Waals surface area contributed by atoms with Crippen LogP contribution in [-0.2, 0) is 32.4 Å². The lowest BCUT2D eigenvalue weighted by Gasteiger charge is -2.34. The van der Waals surface area contributed by atoms with E-state index in [1.165, 1.54) is 28.6 Å². The highest BCUT2D eigenvalue weighted by atomic mass is 35.5. The van der Waals surface area contributed by atoms with E-state index in [1.54, 1.807) is 6.07 Å². The number of halogens is 3. The molecule has 0 radical (unpaired) electrons. The van der Waals surface area contributed by atoms with Gasteiger partial charge in [-0.2, -0.15) is 4.31 Å². The van der Waals surface area contributed by atoms with E-state index in [9.17, 15) is 17.6 Å². The van der Waals surface area contributed by atoms with E-state index in [2.05, 4.69) is 4.90 Å². The summed E-state index contributed by atoms with van der Waals surface area (Å²) in [4.78, 5) is 22.7. The molecule has 2 aliphatic rings. The van der Waals surface area contributed by atoms with Gasteiger partial charge in [0.05, 0.1) is 10.5 Å². The fraction of sp³-hybridized carbons (Fsp3) is 0.417. The first kappa shape index (κ1) is 33.1. The summed E-state index contributed by atoms with van der Waals surface area (Å²) in [5.74, 6) is -1.90. The predicted molar refractivity (Wildman–Crippen MR) is 146 cm³/mol. The number of nitrogens with zero attached hydrogens (tertiary/aromatic N) is 2. The fourth-order valence-corrected chi connectivity index (χ4v) is 6.08. The normalized spacial score (nSPS) is 16.8. The minimum Gasteiger partial charge on any atom is -0.773 e. The summed E-state index contributed by atoms with van der Waals surface area (Å²) in [5.41, 5.74) is 6.99. The second kappa shape index (κ2) is 14.5. The zero-order chi connectivity index (χ0) is 29.5. The number of carbonyl (C=O) groups excluding carboxylic acids is 1. The van der Waals surface area contributed by atoms with Crippen molar-refractivity contribution in [3.63, 3.8) is 0 Å². The lowest BCUT2D eigenvalue weighted by atomic mass is 9.98. The largest absolute Gasteiger partial charge is 0.773 e. The smallest absolute Gasteiger partial charge is 0.300 e. The van der Waals surface area contributed by atoms with Crippen molar-refractivity contribution in [2.75, 3.05) is 32.4 Å². The van der Waals surface area contributed by atoms with Gasteiger partial charge in [0.25, 0.3) is 11.9 Å². The lowest BCUT2D eigenvalue weighted by Crippen LogP contribution is -2.48. The Labute approximate surface area is 239 Å². The number of primary amides is 1. The molecule has 1 saturated heterocycles. The molecule has 1 amide bonds. The quantitative estimate of drug-likeness (QED) is 0.463. The van der Waals surface area contributed by atoms with Gasteiger partial charge in [-0.1, -0.05) is 34.3 Å². The molecule has 0 bridgehead atoms. The topological polar surface area (TPSA) is 161 Å². The molecule has 1 unspecified atom stereocenters. The number of carbonyl (C=O) groups is 2. The third kappa shape index (κ3) is 10.4. The summed E-state index contributed by atoms with van der Waals surface area (Å²) in [6, 6.07) is 7.24. The van der Waals surface area contributed by atoms with Crippen LogP contribution in [0.4, 0.5) is 4.39 Å². The van der Waals surface area contributed by atoms with Crippen LogP contribution in [0.3, 0.4) is 0 Å². The van der Waals surface area contributed by atoms with Gasteiger partial charge in [0.2, 0.25) is 10.0 Å². The second-order valence-electron chi connectivity index (χ2n) is 8.88. The highest BCUT2D eigenvalue weighted by Crippen LogP contribution is 2.42. The number of carboxylic acid groups (broad SMARTS) is 1. The average molecular weight is 626 g/mol. The Hall–Kier alpha value is -2.13. The number of carboxylic acids is 1. The number of piperazine rings is 1. The molecule has 2 aromatic carbocycles. The summed E-state index contributed by atoms with van der Waals surface area (Å²) in [6.45, 7) is 3.16. The van der Waals surface area contributed by atoms with Crippen LogP contribution in [-0.4, -0.2) is 75.8 Å². The Morgan fingerprint density at radius 1 is 1.10 bits per heavy atom. The second-order valence-corrected chi connectivity index (χ2v) is 12.5. The van der Waals surface area contributed by atoms with Crippen LogP contribution in [0.15, 0.2) is 35.2 Å². The Morgan fingerprint density at radius 2 is 1.59 bits per heavy atom. The summed E-state index contributed by atoms with van der Waals surface area (Å²) >= 11 is 10.1. The molecule has 216 valence electrons. The SMILES string of the molecule is CC(=O)O.CS(=O)[O-].NC(=O)c1cc(C2CC2)c(CN2CCN(S(=O)(=O)c3cc(Cl)cc(Cl)c3)CC2)cc1F. The molecule has 4 rings (SSSR count). The van der Waals surface area contributed by atoms with Gasteiger partial charge < -0.3 is 15.4 Å². The summed E-state index contributed by atoms with van der Waals surface area (Å²) in [7, 11) is -3.71. The maximum absolute atomic E-state index is 14.4. The van der Waals surface area contributed by atoms with Crippen LogP contribution < -0.4 is 5.73 Å². The van der Waals surface area contributed by atoms with Gasteiger partial charge in [-0.05, 0) is 66.5 Å². The Kier molecular flexibility index (Phi) is 12.3. The molecule has 1 atom stereocenters. The number of hydrogen-bond donors (Lipinski definition) is 2. The first-order valence-electron chi connectivity index (χ1n) is 11.6. The molecule has 15 heteroatoms. The van der Waals surface area contributed by atoms with Crippen LogP contribution in [0.5, 0.6) is 0 Å². The van der Waals surface area contributed by atoms with Gasteiger partial charge >= 0.3 is 0 Å². The van der Waals surface area contributed by atoms with Crippen LogP contribution in [0.2, 0.25) is 10.0 Å². The molecule has 10 nitrogen and oxygen atoms in total. The maximum atomic E-state index is 14.4. The predicted octanol–water partition coefficient (Wildman–Crippen LogP) is 3.20. The molecule has 1 aliphatic carbocycles. The van der Waals surface area contributed by atoms with Crippen molar-refractivity contribution in [2.45, 2.75) is 37.1 Å². The molecule has 1 heterocycles. The highest BCUT2D eigenvalue weighted by Gasteiger charge is 2.31. The van der Waals surface area contributed by atoms with Gasteiger partial charge in [0.1, 0.15) is 5.82 Å². The lowest BCUT2D eigenvalue weighted by molar-refractivity contribution is -0.134. The van der Waals surface area contributed by atoms with Gasteiger partial charge in [-0.3, -0.25) is 18.7 Å². The van der Waals surface area contributed by atoms with Crippen LogP contribution in [0.1, 0.15) is 47.2 Å². The van der Waals surface area contributed by atoms with Crippen molar-refractivity contribution in [3.05, 3.63) is 62.9 Å². The van der Waals surface area contributed by atoms with E-state index in [0.29, 0.717) is 38.6 Å². The van der Waals surface area contributed by atoms with Crippen LogP contribution in [0, 0.1) is 5.82 Å². The van der Waals surface area contributed by atoms with Crippen molar-refractivity contribution in [3.8, 4) is 0 Å². The van der Waals surface area contributed by atoms with Crippen molar-refractivity contribution < 1.29 is 36.3 Å². The number of sulfonamides is 1. The van der Waals surface area contributed by atoms with Crippen molar-refractivity contribution >= 4 is 56.2 Å². The molecule has 39 heavy (non-hydrogen) atoms. The number of nitrogens with two attached hydrogens (primary N) is 1. The van der Waals surface area contributed by atoms with E-state index >= 15 is 0 Å². The Morgan fingerprint density at radius 3 is 2.03 bits per heavy atom. The molecule has 2 fully saturated rings. The van der Waals surface area contributed by atoms with E-state index < -0.39 is 38.8 Å². The van der Waals surface area contributed by atoms with Crippen molar-refractivity contribution in [1.29, 1.82) is 0 Å². The Balaban J connectivity index is 0.000000590. The molecule has 3 N–H and O–H groups in total. The first-order valence-corrected chi connectivity index (χ1v) is 15.3. The zero-order valence-corrected chi connectivity index (χ0v) is 24.4. The van der Waals surface area contributed by atoms with Crippen LogP contribution >= 0.6 is 23.2 Å². The average Bonchev–Trinajstić information content (AvgIpc) is 3.63. The maximum Gasteiger partial charge on any atom is 0.300 e. The molecule has 0 aromatic heterocycles. The van der Waals surface area contributed by atoms with Crippen molar-refractivity contribution in [2.24, 2.45) is 5.73 Å². The number of hydrogen-bond acceptors (Lipinski definition) is 7. The molecular formula is C24H29Cl2FN3O7S2-. The third-order valence-electron chi connectivity index (χ3n) is 5.71. The standard InChI is InChI=1S/C21H22Cl2FN3O3S.C2H4O2.CH4O2S/c22-15-8-16(23)10-17(9-15)31(29,30)27-5-3-26(4-6-27)12-14-7-20(24)19(21(25)28)11-18(14)13-1-2-13;1-2(3)4;1-4(2)3/h7-11,13H,1-6,12H2,(H2,25,28);1H3,(H,3,4);1H3,(H,2,3)/p-1. The minimum atomic E-state index is -3.71. The molecule has 1 aliphatic heterocycles. The highest BCUT2D eigenvalue weighted by molar-refractivity contribution is 7.89. The minimum absolute atomic E-state index is 0.0681. The molecule has 1 saturated carbocycles. The van der Waals surface area contributed by atoms with E-state index in [-0.39, 0.29) is 20.5 Å². The monoisotopic (exact) mass is 624 g/mol. The zero-order valence-electron chi connectivity index (χ0n) is 21.2. The molecule has 0 spiro atoms. The van der Waals surface area contributed by atoms with E-state index in [4.69, 9.17) is 47.6 Å². The summed E-state index contributed by atoms with van der Waals surface area (Å²) in [5, 5.41) is 7.94. The fourth-order valence-electron chi connectivity index (χ4n) is 3.93. The van der Waals surface area contributed by atoms with Crippen molar-refractivity contribution in [1.82, 2.24) is 9.21 Å². The number of amides is 1. The first-order chi connectivity index (χ1) is 18.1. The summed E-state index contributed by atoms with van der Waals surface area (Å²) in [6.07, 6.45) is 3.09. The number of rotatable bonds is 6. The van der Waals surface area contributed by atoms with E-state index in [1.807, 2.05) is 0 Å². The van der Waals surface area contributed by atoms with Gasteiger partial charge in [0, 0.05) is 49.7 Å². The summed E-state index contributed by atoms with van der Waals surface area (Å²) < 4.78 is 59.7. The molecule has 2 aromatic rings. The molecular weight excluding hydrogens is 596 g/mol. The van der Waals surface area contributed by atoms with Gasteiger partial charge in [0.15, 0.2) is 0 Å².